The van der Waals surface area contributed by atoms with Crippen LogP contribution in [0, 0.1) is 0 Å². The first kappa shape index (κ1) is 15.4. The molecule has 0 spiro atoms. The molecule has 1 saturated heterocycles. The molecule has 1 amide bonds. The third-order valence-corrected chi connectivity index (χ3v) is 3.19. The predicted octanol–water partition coefficient (Wildman–Crippen LogP) is 1.42. The van der Waals surface area contributed by atoms with E-state index in [1.807, 2.05) is 32.9 Å². The first-order valence-corrected chi connectivity index (χ1v) is 7.04. The van der Waals surface area contributed by atoms with Crippen molar-refractivity contribution in [1.82, 2.24) is 9.88 Å². The van der Waals surface area contributed by atoms with E-state index < -0.39 is 5.60 Å². The fraction of sp³-hybridized carbons (Fsp3) is 0.571. The van der Waals surface area contributed by atoms with E-state index in [1.165, 1.54) is 0 Å². The first-order chi connectivity index (χ1) is 9.89. The highest BCUT2D eigenvalue weighted by Crippen LogP contribution is 2.19. The van der Waals surface area contributed by atoms with Crippen LogP contribution in [-0.4, -0.2) is 47.8 Å². The van der Waals surface area contributed by atoms with Crippen molar-refractivity contribution in [1.29, 1.82) is 0 Å². The van der Waals surface area contributed by atoms with E-state index in [-0.39, 0.29) is 6.09 Å². The number of ether oxygens (including phenoxy) is 1. The van der Waals surface area contributed by atoms with Crippen molar-refractivity contribution in [3.05, 3.63) is 18.3 Å². The number of rotatable bonds is 2. The minimum atomic E-state index is -0.457. The largest absolute Gasteiger partial charge is 0.444 e. The van der Waals surface area contributed by atoms with E-state index in [4.69, 9.17) is 10.6 Å². The Morgan fingerprint density at radius 2 is 2.00 bits per heavy atom. The van der Waals surface area contributed by atoms with E-state index in [1.54, 1.807) is 11.1 Å². The number of carbonyl (C=O) groups excluding carboxylic acids is 1. The van der Waals surface area contributed by atoms with Crippen LogP contribution in [0.1, 0.15) is 20.8 Å². The molecule has 0 aliphatic carbocycles. The number of pyridine rings is 1. The van der Waals surface area contributed by atoms with Gasteiger partial charge in [-0.3, -0.25) is 0 Å². The fourth-order valence-electron chi connectivity index (χ4n) is 2.17. The monoisotopic (exact) mass is 293 g/mol. The number of anilines is 2. The van der Waals surface area contributed by atoms with Gasteiger partial charge in [0, 0.05) is 44.1 Å². The Balaban J connectivity index is 1.92. The number of carbonyl (C=O) groups is 1. The summed E-state index contributed by atoms with van der Waals surface area (Å²) >= 11 is 0. The van der Waals surface area contributed by atoms with Gasteiger partial charge in [0.1, 0.15) is 11.4 Å². The number of nitrogen functional groups attached to an aromatic ring is 1. The van der Waals surface area contributed by atoms with Gasteiger partial charge in [-0.1, -0.05) is 0 Å². The normalized spacial score (nSPS) is 15.8. The van der Waals surface area contributed by atoms with Crippen LogP contribution in [0.4, 0.5) is 16.3 Å². The maximum Gasteiger partial charge on any atom is 0.410 e. The standard InChI is InChI=1S/C14H23N5O2/c1-14(2,3)21-13(20)19-8-6-18(7-9-19)11-4-5-16-12(10-11)17-15/h4-5,10H,6-9,15H2,1-3H3,(H,16,17). The highest BCUT2D eigenvalue weighted by atomic mass is 16.6. The van der Waals surface area contributed by atoms with Crippen molar-refractivity contribution >= 4 is 17.6 Å². The van der Waals surface area contributed by atoms with E-state index in [9.17, 15) is 4.79 Å². The third-order valence-electron chi connectivity index (χ3n) is 3.19. The second-order valence-corrected chi connectivity index (χ2v) is 6.00. The quantitative estimate of drug-likeness (QED) is 0.634. The topological polar surface area (TPSA) is 83.7 Å². The second-order valence-electron chi connectivity index (χ2n) is 6.00. The average molecular weight is 293 g/mol. The van der Waals surface area contributed by atoms with Gasteiger partial charge < -0.3 is 20.0 Å². The van der Waals surface area contributed by atoms with Crippen LogP contribution in [0.3, 0.4) is 0 Å². The van der Waals surface area contributed by atoms with Gasteiger partial charge in [-0.05, 0) is 26.8 Å². The molecule has 7 nitrogen and oxygen atoms in total. The average Bonchev–Trinajstić information content (AvgIpc) is 2.46. The summed E-state index contributed by atoms with van der Waals surface area (Å²) in [5.74, 6) is 6.00. The maximum atomic E-state index is 12.0. The summed E-state index contributed by atoms with van der Waals surface area (Å²) in [6.45, 7) is 8.42. The summed E-state index contributed by atoms with van der Waals surface area (Å²) in [6, 6.07) is 3.83. The van der Waals surface area contributed by atoms with E-state index in [0.717, 1.165) is 18.8 Å². The van der Waals surface area contributed by atoms with Gasteiger partial charge in [-0.2, -0.15) is 0 Å². The Kier molecular flexibility index (Phi) is 4.52. The number of piperazine rings is 1. The molecule has 1 aliphatic rings. The summed E-state index contributed by atoms with van der Waals surface area (Å²) in [5.41, 5.74) is 3.12. The molecule has 0 saturated carbocycles. The number of amides is 1. The number of hydrogen-bond donors (Lipinski definition) is 2. The van der Waals surface area contributed by atoms with Crippen molar-refractivity contribution in [2.45, 2.75) is 26.4 Å². The lowest BCUT2D eigenvalue weighted by molar-refractivity contribution is 0.0240. The molecule has 2 heterocycles. The SMILES string of the molecule is CC(C)(C)OC(=O)N1CCN(c2ccnc(NN)c2)CC1. The number of nitrogens with one attached hydrogen (secondary N) is 1. The minimum absolute atomic E-state index is 0.249. The summed E-state index contributed by atoms with van der Waals surface area (Å²) in [6.07, 6.45) is 1.46. The molecule has 1 aliphatic heterocycles. The predicted molar refractivity (Wildman–Crippen MR) is 82.1 cm³/mol. The molecule has 1 aromatic rings. The molecule has 0 atom stereocenters. The van der Waals surface area contributed by atoms with Gasteiger partial charge in [0.2, 0.25) is 0 Å². The van der Waals surface area contributed by atoms with Crippen LogP contribution < -0.4 is 16.2 Å². The van der Waals surface area contributed by atoms with Gasteiger partial charge >= 0.3 is 6.09 Å². The molecule has 0 aromatic carbocycles. The fourth-order valence-corrected chi connectivity index (χ4v) is 2.17. The third kappa shape index (κ3) is 4.22. The van der Waals surface area contributed by atoms with Crippen molar-refractivity contribution in [3.8, 4) is 0 Å². The van der Waals surface area contributed by atoms with Gasteiger partial charge in [-0.25, -0.2) is 15.6 Å². The van der Waals surface area contributed by atoms with Crippen LogP contribution >= 0.6 is 0 Å². The molecule has 21 heavy (non-hydrogen) atoms. The number of aromatic nitrogens is 1. The number of nitrogens with zero attached hydrogens (tertiary/aromatic N) is 3. The Morgan fingerprint density at radius 3 is 2.57 bits per heavy atom. The zero-order valence-electron chi connectivity index (χ0n) is 12.8. The number of hydrogen-bond acceptors (Lipinski definition) is 6. The summed E-state index contributed by atoms with van der Waals surface area (Å²) in [5, 5.41) is 0. The molecule has 1 aromatic heterocycles. The van der Waals surface area contributed by atoms with Gasteiger partial charge in [0.15, 0.2) is 0 Å². The molecule has 0 bridgehead atoms. The van der Waals surface area contributed by atoms with Crippen LogP contribution in [0.2, 0.25) is 0 Å². The molecule has 116 valence electrons. The summed E-state index contributed by atoms with van der Waals surface area (Å²) < 4.78 is 5.39. The molecular weight excluding hydrogens is 270 g/mol. The zero-order chi connectivity index (χ0) is 15.5. The summed E-state index contributed by atoms with van der Waals surface area (Å²) in [7, 11) is 0. The van der Waals surface area contributed by atoms with Crippen molar-refractivity contribution in [2.24, 2.45) is 5.84 Å². The van der Waals surface area contributed by atoms with Gasteiger partial charge in [0.25, 0.3) is 0 Å². The van der Waals surface area contributed by atoms with E-state index >= 15 is 0 Å². The van der Waals surface area contributed by atoms with Crippen LogP contribution in [-0.2, 0) is 4.74 Å². The number of nitrogens with two attached hydrogens (primary N) is 1. The molecule has 0 unspecified atom stereocenters. The molecule has 1 fully saturated rings. The Morgan fingerprint density at radius 1 is 1.33 bits per heavy atom. The lowest BCUT2D eigenvalue weighted by Gasteiger charge is -2.36. The van der Waals surface area contributed by atoms with E-state index in [0.29, 0.717) is 18.9 Å². The Bertz CT molecular complexity index is 492. The van der Waals surface area contributed by atoms with Crippen LogP contribution in [0.15, 0.2) is 18.3 Å². The number of hydrazine groups is 1. The molecular formula is C14H23N5O2. The Hall–Kier alpha value is -2.02. The highest BCUT2D eigenvalue weighted by Gasteiger charge is 2.25. The van der Waals surface area contributed by atoms with E-state index in [2.05, 4.69) is 15.3 Å². The van der Waals surface area contributed by atoms with Gasteiger partial charge in [0.05, 0.1) is 0 Å². The molecule has 2 rings (SSSR count). The minimum Gasteiger partial charge on any atom is -0.444 e. The molecule has 0 radical (unpaired) electrons. The lowest BCUT2D eigenvalue weighted by atomic mass is 10.2. The van der Waals surface area contributed by atoms with Crippen molar-refractivity contribution in [3.63, 3.8) is 0 Å². The molecule has 3 N–H and O–H groups in total. The van der Waals surface area contributed by atoms with Crippen molar-refractivity contribution in [2.75, 3.05) is 36.5 Å². The Labute approximate surface area is 125 Å². The maximum absolute atomic E-state index is 12.0. The van der Waals surface area contributed by atoms with Gasteiger partial charge in [-0.15, -0.1) is 0 Å². The smallest absolute Gasteiger partial charge is 0.410 e. The van der Waals surface area contributed by atoms with Crippen LogP contribution in [0.5, 0.6) is 0 Å². The highest BCUT2D eigenvalue weighted by molar-refractivity contribution is 5.68. The van der Waals surface area contributed by atoms with Crippen LogP contribution in [0.25, 0.3) is 0 Å². The molecule has 7 heteroatoms. The summed E-state index contributed by atoms with van der Waals surface area (Å²) in [4.78, 5) is 20.0. The first-order valence-electron chi connectivity index (χ1n) is 7.04. The second kappa shape index (κ2) is 6.17. The lowest BCUT2D eigenvalue weighted by Crippen LogP contribution is -2.50. The van der Waals surface area contributed by atoms with Crippen molar-refractivity contribution < 1.29 is 9.53 Å². The zero-order valence-corrected chi connectivity index (χ0v) is 12.8.